The van der Waals surface area contributed by atoms with Crippen LogP contribution >= 0.6 is 11.9 Å². The van der Waals surface area contributed by atoms with Gasteiger partial charge in [0.1, 0.15) is 11.8 Å². The van der Waals surface area contributed by atoms with Gasteiger partial charge in [-0.1, -0.05) is 24.1 Å². The first kappa shape index (κ1) is 14.1. The summed E-state index contributed by atoms with van der Waals surface area (Å²) in [6.07, 6.45) is 3.58. The van der Waals surface area contributed by atoms with Gasteiger partial charge in [-0.15, -0.1) is 0 Å². The van der Waals surface area contributed by atoms with Gasteiger partial charge in [0.25, 0.3) is 0 Å². The highest BCUT2D eigenvalue weighted by molar-refractivity contribution is 7.97. The fraction of sp³-hybridized carbons (Fsp3) is 0.375. The molecule has 0 radical (unpaired) electrons. The minimum Gasteiger partial charge on any atom is -0.360 e. The van der Waals surface area contributed by atoms with E-state index in [-0.39, 0.29) is 12.1 Å². The summed E-state index contributed by atoms with van der Waals surface area (Å²) < 4.78 is 9.60. The Morgan fingerprint density at radius 1 is 1.14 bits per heavy atom. The van der Waals surface area contributed by atoms with Crippen molar-refractivity contribution in [2.45, 2.75) is 17.7 Å². The Bertz CT molecular complexity index is 621. The molecule has 3 unspecified atom stereocenters. The van der Waals surface area contributed by atoms with Gasteiger partial charge in [-0.3, -0.25) is 15.3 Å². The van der Waals surface area contributed by atoms with Crippen molar-refractivity contribution in [1.29, 1.82) is 0 Å². The number of aromatic nitrogens is 2. The highest BCUT2D eigenvalue weighted by atomic mass is 32.2. The molecule has 22 heavy (non-hydrogen) atoms. The third-order valence-electron chi connectivity index (χ3n) is 4.30. The molecule has 0 bridgehead atoms. The Hall–Kier alpha value is -1.47. The van der Waals surface area contributed by atoms with E-state index >= 15 is 0 Å². The first-order chi connectivity index (χ1) is 10.9. The maximum Gasteiger partial charge on any atom is 0.133 e. The van der Waals surface area contributed by atoms with E-state index in [4.69, 9.17) is 4.74 Å². The molecular weight excluding hydrogens is 296 g/mol. The van der Waals surface area contributed by atoms with Crippen LogP contribution in [0.5, 0.6) is 0 Å². The van der Waals surface area contributed by atoms with Gasteiger partial charge in [0.05, 0.1) is 12.3 Å². The standard InChI is InChI=1S/C16H18N4OS/c1-3-7-17-13(5-1)12-11-22-20-16(12,15-19-9-10-21-15)14-6-2-4-8-18-14/h1-8,12,15,19-20H,9-11H2. The summed E-state index contributed by atoms with van der Waals surface area (Å²) >= 11 is 1.72. The summed E-state index contributed by atoms with van der Waals surface area (Å²) in [5.41, 5.74) is 1.66. The minimum atomic E-state index is -0.406. The minimum absolute atomic E-state index is 0.107. The summed E-state index contributed by atoms with van der Waals surface area (Å²) in [6, 6.07) is 12.1. The fourth-order valence-electron chi connectivity index (χ4n) is 3.27. The summed E-state index contributed by atoms with van der Waals surface area (Å²) in [7, 11) is 0. The number of nitrogens with zero attached hydrogens (tertiary/aromatic N) is 2. The second kappa shape index (κ2) is 5.96. The molecule has 0 aliphatic carbocycles. The Morgan fingerprint density at radius 3 is 2.68 bits per heavy atom. The quantitative estimate of drug-likeness (QED) is 0.840. The van der Waals surface area contributed by atoms with Crippen LogP contribution in [0, 0.1) is 0 Å². The van der Waals surface area contributed by atoms with Gasteiger partial charge in [0.15, 0.2) is 0 Å². The smallest absolute Gasteiger partial charge is 0.133 e. The molecular formula is C16H18N4OS. The molecule has 0 aromatic carbocycles. The van der Waals surface area contributed by atoms with E-state index in [0.717, 1.165) is 30.3 Å². The third kappa shape index (κ3) is 2.23. The van der Waals surface area contributed by atoms with E-state index < -0.39 is 5.54 Å². The highest BCUT2D eigenvalue weighted by Crippen LogP contribution is 2.47. The number of pyridine rings is 2. The number of nitrogens with one attached hydrogen (secondary N) is 2. The molecule has 2 aliphatic rings. The van der Waals surface area contributed by atoms with Crippen LogP contribution in [-0.2, 0) is 10.3 Å². The van der Waals surface area contributed by atoms with Crippen molar-refractivity contribution in [3.8, 4) is 0 Å². The van der Waals surface area contributed by atoms with Gasteiger partial charge < -0.3 is 4.74 Å². The van der Waals surface area contributed by atoms with E-state index in [9.17, 15) is 0 Å². The van der Waals surface area contributed by atoms with Crippen LogP contribution < -0.4 is 10.0 Å². The molecule has 6 heteroatoms. The molecule has 5 nitrogen and oxygen atoms in total. The van der Waals surface area contributed by atoms with E-state index in [1.54, 1.807) is 11.9 Å². The summed E-state index contributed by atoms with van der Waals surface area (Å²) in [6.45, 7) is 1.58. The van der Waals surface area contributed by atoms with Crippen LogP contribution in [0.4, 0.5) is 0 Å². The average molecular weight is 314 g/mol. The topological polar surface area (TPSA) is 59.1 Å². The first-order valence-corrected chi connectivity index (χ1v) is 8.46. The monoisotopic (exact) mass is 314 g/mol. The zero-order chi connectivity index (χ0) is 14.8. The molecule has 4 heterocycles. The molecule has 4 rings (SSSR count). The van der Waals surface area contributed by atoms with Crippen molar-refractivity contribution in [3.05, 3.63) is 60.2 Å². The van der Waals surface area contributed by atoms with E-state index in [2.05, 4.69) is 32.1 Å². The molecule has 0 saturated carbocycles. The van der Waals surface area contributed by atoms with Gasteiger partial charge in [0.2, 0.25) is 0 Å². The molecule has 2 aromatic rings. The lowest BCUT2D eigenvalue weighted by Gasteiger charge is -2.38. The molecule has 114 valence electrons. The number of hydrogen-bond donors (Lipinski definition) is 2. The molecule has 2 N–H and O–H groups in total. The molecule has 3 atom stereocenters. The zero-order valence-electron chi connectivity index (χ0n) is 12.1. The molecule has 2 fully saturated rings. The molecule has 2 aromatic heterocycles. The van der Waals surface area contributed by atoms with Crippen molar-refractivity contribution in [1.82, 2.24) is 20.0 Å². The molecule has 2 aliphatic heterocycles. The first-order valence-electron chi connectivity index (χ1n) is 7.47. The molecule has 0 spiro atoms. The third-order valence-corrected chi connectivity index (χ3v) is 5.29. The van der Waals surface area contributed by atoms with Crippen LogP contribution in [0.15, 0.2) is 48.8 Å². The largest absolute Gasteiger partial charge is 0.360 e. The number of ether oxygens (including phenoxy) is 1. The number of hydrogen-bond acceptors (Lipinski definition) is 6. The fourth-order valence-corrected chi connectivity index (χ4v) is 4.55. The van der Waals surface area contributed by atoms with E-state index in [1.165, 1.54) is 0 Å². The second-order valence-electron chi connectivity index (χ2n) is 5.51. The van der Waals surface area contributed by atoms with Gasteiger partial charge >= 0.3 is 0 Å². The maximum absolute atomic E-state index is 5.99. The Kier molecular flexibility index (Phi) is 3.83. The number of rotatable bonds is 3. The molecule has 2 saturated heterocycles. The Morgan fingerprint density at radius 2 is 2.00 bits per heavy atom. The predicted octanol–water partition coefficient (Wildman–Crippen LogP) is 1.65. The van der Waals surface area contributed by atoms with Crippen LogP contribution in [0.2, 0.25) is 0 Å². The van der Waals surface area contributed by atoms with E-state index in [0.29, 0.717) is 0 Å². The SMILES string of the molecule is c1ccc(C2CSNC2(c2ccccn2)C2NCCO2)nc1. The predicted molar refractivity (Wildman–Crippen MR) is 86.2 cm³/mol. The van der Waals surface area contributed by atoms with Crippen molar-refractivity contribution in [2.24, 2.45) is 0 Å². The van der Waals surface area contributed by atoms with Crippen LogP contribution in [0.25, 0.3) is 0 Å². The van der Waals surface area contributed by atoms with Crippen molar-refractivity contribution < 1.29 is 4.74 Å². The Balaban J connectivity index is 1.83. The van der Waals surface area contributed by atoms with Crippen molar-refractivity contribution >= 4 is 11.9 Å². The second-order valence-corrected chi connectivity index (χ2v) is 6.34. The van der Waals surface area contributed by atoms with Gasteiger partial charge in [-0.2, -0.15) is 0 Å². The van der Waals surface area contributed by atoms with Crippen molar-refractivity contribution in [3.63, 3.8) is 0 Å². The summed E-state index contributed by atoms with van der Waals surface area (Å²) in [4.78, 5) is 9.22. The van der Waals surface area contributed by atoms with Crippen LogP contribution in [-0.4, -0.2) is 35.1 Å². The maximum atomic E-state index is 5.99. The lowest BCUT2D eigenvalue weighted by atomic mass is 9.78. The molecule has 0 amide bonds. The highest BCUT2D eigenvalue weighted by Gasteiger charge is 2.54. The van der Waals surface area contributed by atoms with Crippen LogP contribution in [0.1, 0.15) is 17.3 Å². The normalized spacial score (nSPS) is 31.5. The van der Waals surface area contributed by atoms with Gasteiger partial charge in [0, 0.05) is 36.3 Å². The van der Waals surface area contributed by atoms with E-state index in [1.807, 2.05) is 36.7 Å². The lowest BCUT2D eigenvalue weighted by Crippen LogP contribution is -2.55. The summed E-state index contributed by atoms with van der Waals surface area (Å²) in [5, 5.41) is 3.47. The Labute approximate surface area is 134 Å². The van der Waals surface area contributed by atoms with Gasteiger partial charge in [-0.05, 0) is 24.3 Å². The van der Waals surface area contributed by atoms with Crippen molar-refractivity contribution in [2.75, 3.05) is 18.9 Å². The lowest BCUT2D eigenvalue weighted by molar-refractivity contribution is 0.0171. The van der Waals surface area contributed by atoms with Gasteiger partial charge in [-0.25, -0.2) is 4.72 Å². The van der Waals surface area contributed by atoms with Crippen LogP contribution in [0.3, 0.4) is 0 Å². The summed E-state index contributed by atoms with van der Waals surface area (Å²) in [5.74, 6) is 1.14. The zero-order valence-corrected chi connectivity index (χ0v) is 12.9. The average Bonchev–Trinajstić information content (AvgIpc) is 3.26.